The van der Waals surface area contributed by atoms with Crippen molar-refractivity contribution in [3.63, 3.8) is 0 Å². The zero-order valence-corrected chi connectivity index (χ0v) is 14.2. The quantitative estimate of drug-likeness (QED) is 0.869. The Kier molecular flexibility index (Phi) is 4.97. The third-order valence-electron chi connectivity index (χ3n) is 4.52. The van der Waals surface area contributed by atoms with E-state index >= 15 is 0 Å². The molecule has 2 aromatic rings. The van der Waals surface area contributed by atoms with Gasteiger partial charge in [0.05, 0.1) is 6.20 Å². The summed E-state index contributed by atoms with van der Waals surface area (Å²) in [7, 11) is 0. The van der Waals surface area contributed by atoms with Crippen LogP contribution in [0.1, 0.15) is 18.4 Å². The molecule has 6 heteroatoms. The van der Waals surface area contributed by atoms with Gasteiger partial charge in [0, 0.05) is 30.3 Å². The molecule has 3 rings (SSSR count). The molecule has 25 heavy (non-hydrogen) atoms. The molecular weight excluding hydrogens is 318 g/mol. The first-order valence-corrected chi connectivity index (χ1v) is 8.31. The molecule has 0 radical (unpaired) electrons. The van der Waals surface area contributed by atoms with Crippen LogP contribution >= 0.6 is 0 Å². The highest BCUT2D eigenvalue weighted by Crippen LogP contribution is 2.26. The van der Waals surface area contributed by atoms with Gasteiger partial charge in [-0.1, -0.05) is 12.6 Å². The van der Waals surface area contributed by atoms with Crippen molar-refractivity contribution < 1.29 is 14.0 Å². The molecule has 1 saturated heterocycles. The molecule has 130 valence electrons. The van der Waals surface area contributed by atoms with E-state index in [2.05, 4.69) is 16.9 Å². The molecule has 1 aliphatic rings. The van der Waals surface area contributed by atoms with Crippen molar-refractivity contribution in [3.05, 3.63) is 48.9 Å². The Hall–Kier alpha value is -2.89. The number of benzene rings is 1. The zero-order valence-electron chi connectivity index (χ0n) is 14.2. The first-order chi connectivity index (χ1) is 12.1. The third kappa shape index (κ3) is 3.79. The lowest BCUT2D eigenvalue weighted by atomic mass is 9.95. The van der Waals surface area contributed by atoms with Gasteiger partial charge in [-0.25, -0.2) is 4.98 Å². The fraction of sp³-hybridized carbons (Fsp3) is 0.316. The minimum absolute atomic E-state index is 0.0205. The van der Waals surface area contributed by atoms with Crippen LogP contribution in [0.2, 0.25) is 0 Å². The maximum Gasteiger partial charge on any atom is 0.245 e. The summed E-state index contributed by atoms with van der Waals surface area (Å²) in [5.41, 5.74) is 2.60. The molecule has 0 atom stereocenters. The van der Waals surface area contributed by atoms with Crippen LogP contribution in [0.15, 0.2) is 47.7 Å². The van der Waals surface area contributed by atoms with Crippen molar-refractivity contribution in [2.45, 2.75) is 19.8 Å². The molecule has 1 aliphatic heterocycles. The zero-order chi connectivity index (χ0) is 17.8. The van der Waals surface area contributed by atoms with Crippen LogP contribution in [0.3, 0.4) is 0 Å². The first-order valence-electron chi connectivity index (χ1n) is 8.31. The van der Waals surface area contributed by atoms with E-state index in [0.717, 1.165) is 11.1 Å². The summed E-state index contributed by atoms with van der Waals surface area (Å²) in [5.74, 6) is 0.339. The minimum Gasteiger partial charge on any atom is -0.445 e. The summed E-state index contributed by atoms with van der Waals surface area (Å²) < 4.78 is 5.35. The van der Waals surface area contributed by atoms with Gasteiger partial charge in [0.25, 0.3) is 0 Å². The lowest BCUT2D eigenvalue weighted by molar-refractivity contribution is -0.130. The van der Waals surface area contributed by atoms with E-state index < -0.39 is 0 Å². The van der Waals surface area contributed by atoms with E-state index in [1.807, 2.05) is 25.1 Å². The van der Waals surface area contributed by atoms with Crippen molar-refractivity contribution in [2.75, 3.05) is 18.4 Å². The van der Waals surface area contributed by atoms with Crippen molar-refractivity contribution in [3.8, 4) is 11.5 Å². The van der Waals surface area contributed by atoms with E-state index in [1.54, 1.807) is 11.1 Å². The summed E-state index contributed by atoms with van der Waals surface area (Å²) in [6.07, 6.45) is 5.75. The summed E-state index contributed by atoms with van der Waals surface area (Å²) in [4.78, 5) is 30.0. The second-order valence-corrected chi connectivity index (χ2v) is 6.16. The maximum atomic E-state index is 12.5. The number of hydrogen-bond donors (Lipinski definition) is 1. The predicted molar refractivity (Wildman–Crippen MR) is 94.8 cm³/mol. The number of likely N-dealkylation sites (tertiary alicyclic amines) is 1. The van der Waals surface area contributed by atoms with Gasteiger partial charge in [-0.05, 0) is 43.5 Å². The molecule has 2 amide bonds. The number of amides is 2. The Morgan fingerprint density at radius 3 is 2.76 bits per heavy atom. The number of aromatic nitrogens is 1. The lowest BCUT2D eigenvalue weighted by Crippen LogP contribution is -2.40. The molecule has 2 heterocycles. The van der Waals surface area contributed by atoms with Gasteiger partial charge in [0.2, 0.25) is 17.7 Å². The third-order valence-corrected chi connectivity index (χ3v) is 4.52. The first kappa shape index (κ1) is 17.0. The number of hydrogen-bond acceptors (Lipinski definition) is 4. The number of aryl methyl sites for hydroxylation is 1. The summed E-state index contributed by atoms with van der Waals surface area (Å²) in [5, 5.41) is 2.97. The van der Waals surface area contributed by atoms with Crippen LogP contribution in [-0.2, 0) is 9.59 Å². The average Bonchev–Trinajstić information content (AvgIpc) is 3.17. The Bertz CT molecular complexity index is 775. The highest BCUT2D eigenvalue weighted by atomic mass is 16.3. The SMILES string of the molecule is C=CC(=O)N1CCC(C(=O)Nc2ccc(C)c(-c3ncco3)c2)CC1. The molecule has 0 spiro atoms. The monoisotopic (exact) mass is 339 g/mol. The minimum atomic E-state index is -0.0969. The van der Waals surface area contributed by atoms with Gasteiger partial charge in [-0.2, -0.15) is 0 Å². The van der Waals surface area contributed by atoms with Gasteiger partial charge < -0.3 is 14.6 Å². The number of rotatable bonds is 4. The smallest absolute Gasteiger partial charge is 0.245 e. The molecule has 1 aromatic heterocycles. The average molecular weight is 339 g/mol. The number of oxazole rings is 1. The highest BCUT2D eigenvalue weighted by molar-refractivity contribution is 5.93. The molecule has 0 bridgehead atoms. The van der Waals surface area contributed by atoms with Crippen molar-refractivity contribution in [1.82, 2.24) is 9.88 Å². The molecule has 0 aliphatic carbocycles. The fourth-order valence-corrected chi connectivity index (χ4v) is 3.02. The largest absolute Gasteiger partial charge is 0.445 e. The van der Waals surface area contributed by atoms with Gasteiger partial charge in [-0.15, -0.1) is 0 Å². The van der Waals surface area contributed by atoms with Crippen LogP contribution < -0.4 is 5.32 Å². The molecular formula is C19H21N3O3. The summed E-state index contributed by atoms with van der Waals surface area (Å²) in [6, 6.07) is 5.67. The predicted octanol–water partition coefficient (Wildman–Crippen LogP) is 3.01. The molecule has 0 saturated carbocycles. The number of nitrogens with zero attached hydrogens (tertiary/aromatic N) is 2. The Morgan fingerprint density at radius 1 is 1.36 bits per heavy atom. The van der Waals surface area contributed by atoms with Crippen molar-refractivity contribution in [2.24, 2.45) is 5.92 Å². The Labute approximate surface area is 146 Å². The molecule has 1 fully saturated rings. The van der Waals surface area contributed by atoms with Crippen molar-refractivity contribution in [1.29, 1.82) is 0 Å². The van der Waals surface area contributed by atoms with Gasteiger partial charge in [0.1, 0.15) is 6.26 Å². The van der Waals surface area contributed by atoms with Gasteiger partial charge in [0.15, 0.2) is 0 Å². The van der Waals surface area contributed by atoms with E-state index in [0.29, 0.717) is 37.5 Å². The van der Waals surface area contributed by atoms with Gasteiger partial charge in [-0.3, -0.25) is 9.59 Å². The number of carbonyl (C=O) groups is 2. The van der Waals surface area contributed by atoms with Crippen LogP contribution in [0, 0.1) is 12.8 Å². The van der Waals surface area contributed by atoms with E-state index in [-0.39, 0.29) is 17.7 Å². The van der Waals surface area contributed by atoms with Gasteiger partial charge >= 0.3 is 0 Å². The topological polar surface area (TPSA) is 75.4 Å². The summed E-state index contributed by atoms with van der Waals surface area (Å²) in [6.45, 7) is 6.63. The molecule has 0 unspecified atom stereocenters. The summed E-state index contributed by atoms with van der Waals surface area (Å²) >= 11 is 0. The lowest BCUT2D eigenvalue weighted by Gasteiger charge is -2.30. The Balaban J connectivity index is 1.65. The second kappa shape index (κ2) is 7.34. The van der Waals surface area contributed by atoms with Crippen LogP contribution in [0.4, 0.5) is 5.69 Å². The van der Waals surface area contributed by atoms with E-state index in [1.165, 1.54) is 12.3 Å². The van der Waals surface area contributed by atoms with E-state index in [4.69, 9.17) is 4.42 Å². The highest BCUT2D eigenvalue weighted by Gasteiger charge is 2.26. The van der Waals surface area contributed by atoms with Crippen molar-refractivity contribution >= 4 is 17.5 Å². The standard InChI is InChI=1S/C19H21N3O3/c1-3-17(23)22-9-6-14(7-10-22)18(24)21-15-5-4-13(2)16(12-15)19-20-8-11-25-19/h3-5,8,11-12,14H,1,6-7,9-10H2,2H3,(H,21,24). The van der Waals surface area contributed by atoms with Crippen LogP contribution in [0.25, 0.3) is 11.5 Å². The number of anilines is 1. The second-order valence-electron chi connectivity index (χ2n) is 6.16. The van der Waals surface area contributed by atoms with E-state index in [9.17, 15) is 9.59 Å². The maximum absolute atomic E-state index is 12.5. The molecule has 1 N–H and O–H groups in total. The van der Waals surface area contributed by atoms with Crippen LogP contribution in [0.5, 0.6) is 0 Å². The van der Waals surface area contributed by atoms with Crippen LogP contribution in [-0.4, -0.2) is 34.8 Å². The normalized spacial score (nSPS) is 15.0. The molecule has 1 aromatic carbocycles. The fourth-order valence-electron chi connectivity index (χ4n) is 3.02. The number of carbonyl (C=O) groups excluding carboxylic acids is 2. The molecule has 6 nitrogen and oxygen atoms in total. The Morgan fingerprint density at radius 2 is 2.12 bits per heavy atom. The number of nitrogens with one attached hydrogen (secondary N) is 1. The number of piperidine rings is 1.